The minimum absolute atomic E-state index is 0.221. The topological polar surface area (TPSA) is 37.4 Å². The molecule has 45 valence electrons. The summed E-state index contributed by atoms with van der Waals surface area (Å²) in [5.41, 5.74) is 0. The minimum Gasteiger partial charge on any atom is -0.302 e. The quantitative estimate of drug-likeness (QED) is 0.461. The number of hydrogen-bond donors (Lipinski definition) is 0. The van der Waals surface area contributed by atoms with Gasteiger partial charge in [-0.1, -0.05) is 0 Å². The second kappa shape index (κ2) is 4.46. The van der Waals surface area contributed by atoms with Gasteiger partial charge < -0.3 is 9.59 Å². The van der Waals surface area contributed by atoms with Crippen LogP contribution in [0.15, 0.2) is 0 Å². The van der Waals surface area contributed by atoms with Crippen molar-refractivity contribution in [1.82, 2.24) is 4.90 Å². The molecule has 0 aliphatic heterocycles. The third kappa shape index (κ3) is 3.49. The Kier molecular flexibility index (Phi) is 4.07. The van der Waals surface area contributed by atoms with Crippen molar-refractivity contribution < 1.29 is 9.59 Å². The van der Waals surface area contributed by atoms with E-state index < -0.39 is 0 Å². The molecule has 0 unspecified atom stereocenters. The maximum Gasteiger partial charge on any atom is 0.133 e. The van der Waals surface area contributed by atoms with Gasteiger partial charge >= 0.3 is 0 Å². The van der Waals surface area contributed by atoms with E-state index in [2.05, 4.69) is 7.05 Å². The summed E-state index contributed by atoms with van der Waals surface area (Å²) >= 11 is 0. The van der Waals surface area contributed by atoms with Gasteiger partial charge in [0.1, 0.15) is 12.6 Å². The molecule has 0 amide bonds. The van der Waals surface area contributed by atoms with Crippen LogP contribution in [-0.2, 0) is 9.59 Å². The van der Waals surface area contributed by atoms with Crippen molar-refractivity contribution in [3.63, 3.8) is 0 Å². The lowest BCUT2D eigenvalue weighted by Crippen LogP contribution is -2.19. The second-order valence-corrected chi connectivity index (χ2v) is 1.37. The van der Waals surface area contributed by atoms with Crippen molar-refractivity contribution in [2.75, 3.05) is 13.1 Å². The molecular weight excluding hydrogens is 106 g/mol. The van der Waals surface area contributed by atoms with Gasteiger partial charge in [0.05, 0.1) is 13.1 Å². The first kappa shape index (κ1) is 7.30. The molecule has 0 saturated heterocycles. The van der Waals surface area contributed by atoms with Crippen molar-refractivity contribution in [3.05, 3.63) is 7.05 Å². The van der Waals surface area contributed by atoms with Gasteiger partial charge in [0.25, 0.3) is 0 Å². The van der Waals surface area contributed by atoms with E-state index in [1.807, 2.05) is 0 Å². The Bertz CT molecular complexity index is 72.5. The first-order valence-electron chi connectivity index (χ1n) is 2.24. The van der Waals surface area contributed by atoms with E-state index in [1.54, 1.807) is 0 Å². The van der Waals surface area contributed by atoms with E-state index in [4.69, 9.17) is 0 Å². The molecule has 0 N–H and O–H groups in total. The van der Waals surface area contributed by atoms with Gasteiger partial charge in [0, 0.05) is 7.05 Å². The molecule has 0 fully saturated rings. The fourth-order valence-corrected chi connectivity index (χ4v) is 0.285. The molecule has 0 aliphatic carbocycles. The zero-order chi connectivity index (χ0) is 6.41. The summed E-state index contributed by atoms with van der Waals surface area (Å²) in [6.07, 6.45) is 1.41. The number of nitrogens with zero attached hydrogens (tertiary/aromatic N) is 1. The summed E-state index contributed by atoms with van der Waals surface area (Å²) in [6, 6.07) is 0. The molecule has 0 aromatic rings. The normalized spacial score (nSPS) is 9.25. The predicted molar refractivity (Wildman–Crippen MR) is 29.1 cm³/mol. The van der Waals surface area contributed by atoms with E-state index in [0.717, 1.165) is 0 Å². The minimum atomic E-state index is 0.221. The molecule has 0 aliphatic rings. The van der Waals surface area contributed by atoms with Crippen molar-refractivity contribution >= 4 is 12.6 Å². The summed E-state index contributed by atoms with van der Waals surface area (Å²) in [7, 11) is 3.39. The van der Waals surface area contributed by atoms with Crippen molar-refractivity contribution in [3.8, 4) is 0 Å². The van der Waals surface area contributed by atoms with Gasteiger partial charge in [-0.3, -0.25) is 4.90 Å². The number of carbonyl (C=O) groups excluding carboxylic acids is 2. The van der Waals surface area contributed by atoms with E-state index in [1.165, 1.54) is 4.90 Å². The van der Waals surface area contributed by atoms with Crippen molar-refractivity contribution in [2.45, 2.75) is 0 Å². The molecule has 0 saturated carbocycles. The van der Waals surface area contributed by atoms with Crippen LogP contribution >= 0.6 is 0 Å². The standard InChI is InChI=1S/C5H8NO2/c1-6(2-4-7)3-5-8/h4-5H,1-3H2. The first-order valence-corrected chi connectivity index (χ1v) is 2.24. The zero-order valence-corrected chi connectivity index (χ0v) is 4.54. The van der Waals surface area contributed by atoms with E-state index in [0.29, 0.717) is 12.6 Å². The molecule has 3 heteroatoms. The Labute approximate surface area is 48.3 Å². The molecule has 0 aromatic carbocycles. The Morgan fingerprint density at radius 2 is 1.62 bits per heavy atom. The average Bonchev–Trinajstić information content (AvgIpc) is 1.68. The molecule has 0 spiro atoms. The highest BCUT2D eigenvalue weighted by atomic mass is 16.1. The second-order valence-electron chi connectivity index (χ2n) is 1.37. The molecule has 1 radical (unpaired) electrons. The van der Waals surface area contributed by atoms with Crippen LogP contribution in [0.3, 0.4) is 0 Å². The molecule has 0 bridgehead atoms. The Morgan fingerprint density at radius 3 is 1.88 bits per heavy atom. The average molecular weight is 114 g/mol. The smallest absolute Gasteiger partial charge is 0.133 e. The van der Waals surface area contributed by atoms with Crippen LogP contribution in [0.5, 0.6) is 0 Å². The maximum atomic E-state index is 9.69. The highest BCUT2D eigenvalue weighted by Crippen LogP contribution is 1.74. The summed E-state index contributed by atoms with van der Waals surface area (Å²) in [5.74, 6) is 0. The molecule has 0 rings (SSSR count). The highest BCUT2D eigenvalue weighted by Gasteiger charge is 1.91. The van der Waals surface area contributed by atoms with Crippen LogP contribution in [0.2, 0.25) is 0 Å². The Balaban J connectivity index is 3.16. The third-order valence-corrected chi connectivity index (χ3v) is 0.665. The summed E-state index contributed by atoms with van der Waals surface area (Å²) in [4.78, 5) is 20.8. The lowest BCUT2D eigenvalue weighted by Gasteiger charge is -2.05. The van der Waals surface area contributed by atoms with E-state index in [9.17, 15) is 9.59 Å². The number of hydrogen-bond acceptors (Lipinski definition) is 3. The molecule has 8 heavy (non-hydrogen) atoms. The van der Waals surface area contributed by atoms with Crippen LogP contribution in [0.1, 0.15) is 0 Å². The Hall–Kier alpha value is -0.700. The SMILES string of the molecule is [CH2]N(CC=O)CC=O. The summed E-state index contributed by atoms with van der Waals surface area (Å²) in [6.45, 7) is 0.442. The molecule has 0 atom stereocenters. The third-order valence-electron chi connectivity index (χ3n) is 0.665. The van der Waals surface area contributed by atoms with Crippen LogP contribution in [0.4, 0.5) is 0 Å². The molecule has 3 nitrogen and oxygen atoms in total. The fraction of sp³-hybridized carbons (Fsp3) is 0.400. The highest BCUT2D eigenvalue weighted by molar-refractivity contribution is 5.56. The van der Waals surface area contributed by atoms with Gasteiger partial charge in [-0.15, -0.1) is 0 Å². The van der Waals surface area contributed by atoms with E-state index in [-0.39, 0.29) is 13.1 Å². The van der Waals surface area contributed by atoms with Crippen molar-refractivity contribution in [1.29, 1.82) is 0 Å². The molecule has 0 heterocycles. The largest absolute Gasteiger partial charge is 0.302 e. The Morgan fingerprint density at radius 1 is 1.25 bits per heavy atom. The van der Waals surface area contributed by atoms with E-state index >= 15 is 0 Å². The fourth-order valence-electron chi connectivity index (χ4n) is 0.285. The predicted octanol–water partition coefficient (Wildman–Crippen LogP) is -0.522. The van der Waals surface area contributed by atoms with Gasteiger partial charge in [0.15, 0.2) is 0 Å². The summed E-state index contributed by atoms with van der Waals surface area (Å²) < 4.78 is 0. The first-order chi connectivity index (χ1) is 3.81. The van der Waals surface area contributed by atoms with Crippen molar-refractivity contribution in [2.24, 2.45) is 0 Å². The monoisotopic (exact) mass is 114 g/mol. The lowest BCUT2D eigenvalue weighted by molar-refractivity contribution is -0.110. The van der Waals surface area contributed by atoms with Crippen LogP contribution in [-0.4, -0.2) is 30.6 Å². The lowest BCUT2D eigenvalue weighted by atomic mass is 10.6. The molecular formula is C5H8NO2. The number of carbonyl (C=O) groups is 2. The van der Waals surface area contributed by atoms with Gasteiger partial charge in [-0.05, 0) is 0 Å². The van der Waals surface area contributed by atoms with Crippen LogP contribution < -0.4 is 0 Å². The number of aldehydes is 2. The van der Waals surface area contributed by atoms with Gasteiger partial charge in [-0.2, -0.15) is 0 Å². The zero-order valence-electron chi connectivity index (χ0n) is 4.54. The molecule has 0 aromatic heterocycles. The van der Waals surface area contributed by atoms with Gasteiger partial charge in [0.2, 0.25) is 0 Å². The maximum absolute atomic E-state index is 9.69. The van der Waals surface area contributed by atoms with Crippen LogP contribution in [0, 0.1) is 7.05 Å². The number of rotatable bonds is 4. The van der Waals surface area contributed by atoms with Crippen LogP contribution in [0.25, 0.3) is 0 Å². The van der Waals surface area contributed by atoms with Gasteiger partial charge in [-0.25, -0.2) is 0 Å². The summed E-state index contributed by atoms with van der Waals surface area (Å²) in [5, 5.41) is 0.